The van der Waals surface area contributed by atoms with Crippen molar-refractivity contribution in [3.8, 4) is 5.75 Å². The van der Waals surface area contributed by atoms with E-state index in [1.165, 1.54) is 0 Å². The van der Waals surface area contributed by atoms with Crippen molar-refractivity contribution >= 4 is 23.3 Å². The molecular weight excluding hydrogens is 300 g/mol. The predicted octanol–water partition coefficient (Wildman–Crippen LogP) is 2.36. The maximum absolute atomic E-state index is 12.3. The van der Waals surface area contributed by atoms with E-state index in [1.807, 2.05) is 32.0 Å². The Morgan fingerprint density at radius 1 is 1.36 bits per heavy atom. The largest absolute Gasteiger partial charge is 0.496 e. The van der Waals surface area contributed by atoms with Crippen LogP contribution in [0.15, 0.2) is 29.5 Å². The van der Waals surface area contributed by atoms with E-state index >= 15 is 0 Å². The minimum atomic E-state index is -0.359. The van der Waals surface area contributed by atoms with E-state index in [1.54, 1.807) is 14.0 Å². The number of carbonyl (C=O) groups is 1. The molecule has 0 aromatic heterocycles. The third-order valence-corrected chi connectivity index (χ3v) is 3.75. The summed E-state index contributed by atoms with van der Waals surface area (Å²) in [7, 11) is 1.62. The minimum absolute atomic E-state index is 0.323. The number of benzene rings is 1. The molecular formula is C16H20N2O3S. The Balaban J connectivity index is 2.47. The predicted molar refractivity (Wildman–Crippen MR) is 88.7 cm³/mol. The SMILES string of the molecule is CCOC(=O)C1=C(C)NC(=S)N[C@@H]1c1ccc(C)c(OC)c1. The second kappa shape index (κ2) is 6.79. The Bertz CT molecular complexity index is 640. The molecule has 1 aliphatic heterocycles. The van der Waals surface area contributed by atoms with Crippen molar-refractivity contribution in [3.63, 3.8) is 0 Å². The molecule has 1 aromatic rings. The lowest BCUT2D eigenvalue weighted by Gasteiger charge is -2.30. The van der Waals surface area contributed by atoms with Gasteiger partial charge >= 0.3 is 5.97 Å². The zero-order chi connectivity index (χ0) is 16.3. The van der Waals surface area contributed by atoms with Crippen molar-refractivity contribution in [2.45, 2.75) is 26.8 Å². The highest BCUT2D eigenvalue weighted by molar-refractivity contribution is 7.80. The zero-order valence-corrected chi connectivity index (χ0v) is 14.0. The highest BCUT2D eigenvalue weighted by atomic mass is 32.1. The number of allylic oxidation sites excluding steroid dienone is 1. The molecule has 5 nitrogen and oxygen atoms in total. The summed E-state index contributed by atoms with van der Waals surface area (Å²) in [4.78, 5) is 12.3. The monoisotopic (exact) mass is 320 g/mol. The van der Waals surface area contributed by atoms with Crippen LogP contribution in [0.4, 0.5) is 0 Å². The van der Waals surface area contributed by atoms with Crippen molar-refractivity contribution in [1.29, 1.82) is 0 Å². The standard InChI is InChI=1S/C16H20N2O3S/c1-5-21-15(19)13-10(3)17-16(22)18-14(13)11-7-6-9(2)12(8-11)20-4/h6-8,14H,5H2,1-4H3,(H2,17,18,22)/t14-/m1/s1. The van der Waals surface area contributed by atoms with Gasteiger partial charge in [0.2, 0.25) is 0 Å². The Morgan fingerprint density at radius 3 is 2.73 bits per heavy atom. The second-order valence-electron chi connectivity index (χ2n) is 5.02. The van der Waals surface area contributed by atoms with Gasteiger partial charge in [0.1, 0.15) is 5.75 Å². The molecule has 2 N–H and O–H groups in total. The van der Waals surface area contributed by atoms with Crippen molar-refractivity contribution < 1.29 is 14.3 Å². The van der Waals surface area contributed by atoms with Gasteiger partial charge in [0.05, 0.1) is 25.3 Å². The van der Waals surface area contributed by atoms with Crippen LogP contribution in [-0.4, -0.2) is 24.8 Å². The molecule has 0 radical (unpaired) electrons. The molecule has 2 rings (SSSR count). The molecule has 6 heteroatoms. The van der Waals surface area contributed by atoms with Gasteiger partial charge in [-0.15, -0.1) is 0 Å². The average Bonchev–Trinajstić information content (AvgIpc) is 2.47. The molecule has 0 saturated heterocycles. The molecule has 118 valence electrons. The summed E-state index contributed by atoms with van der Waals surface area (Å²) in [5, 5.41) is 6.59. The van der Waals surface area contributed by atoms with Crippen LogP contribution in [0.1, 0.15) is 31.0 Å². The number of hydrogen-bond acceptors (Lipinski definition) is 4. The van der Waals surface area contributed by atoms with Crippen molar-refractivity contribution in [2.75, 3.05) is 13.7 Å². The van der Waals surface area contributed by atoms with Crippen molar-refractivity contribution in [3.05, 3.63) is 40.6 Å². The van der Waals surface area contributed by atoms with Gasteiger partial charge < -0.3 is 20.1 Å². The quantitative estimate of drug-likeness (QED) is 0.656. The number of ether oxygens (including phenoxy) is 2. The minimum Gasteiger partial charge on any atom is -0.496 e. The van der Waals surface area contributed by atoms with Crippen molar-refractivity contribution in [2.24, 2.45) is 0 Å². The van der Waals surface area contributed by atoms with E-state index in [9.17, 15) is 4.79 Å². The van der Waals surface area contributed by atoms with Gasteiger partial charge in [-0.2, -0.15) is 0 Å². The zero-order valence-electron chi connectivity index (χ0n) is 13.1. The molecule has 0 spiro atoms. The summed E-state index contributed by atoms with van der Waals surface area (Å²) >= 11 is 5.21. The van der Waals surface area contributed by atoms with Gasteiger partial charge in [-0.05, 0) is 50.2 Å². The number of thiocarbonyl (C=S) groups is 1. The molecule has 1 heterocycles. The molecule has 0 amide bonds. The first-order valence-electron chi connectivity index (χ1n) is 7.07. The van der Waals surface area contributed by atoms with E-state index < -0.39 is 0 Å². The topological polar surface area (TPSA) is 59.6 Å². The number of aryl methyl sites for hydroxylation is 1. The molecule has 1 aliphatic rings. The molecule has 0 fully saturated rings. The fraction of sp³-hybridized carbons (Fsp3) is 0.375. The third kappa shape index (κ3) is 3.22. The lowest BCUT2D eigenvalue weighted by atomic mass is 9.94. The highest BCUT2D eigenvalue weighted by Gasteiger charge is 2.31. The Morgan fingerprint density at radius 2 is 2.09 bits per heavy atom. The first-order chi connectivity index (χ1) is 10.5. The molecule has 0 aliphatic carbocycles. The number of carbonyl (C=O) groups excluding carboxylic acids is 1. The van der Waals surface area contributed by atoms with Crippen LogP contribution < -0.4 is 15.4 Å². The van der Waals surface area contributed by atoms with Crippen molar-refractivity contribution in [1.82, 2.24) is 10.6 Å². The highest BCUT2D eigenvalue weighted by Crippen LogP contribution is 2.31. The number of nitrogens with one attached hydrogen (secondary N) is 2. The van der Waals surface area contributed by atoms with Crippen LogP contribution >= 0.6 is 12.2 Å². The Hall–Kier alpha value is -2.08. The van der Waals surface area contributed by atoms with Crippen LogP contribution in [-0.2, 0) is 9.53 Å². The van der Waals surface area contributed by atoms with E-state index in [0.29, 0.717) is 23.0 Å². The van der Waals surface area contributed by atoms with E-state index in [0.717, 1.165) is 16.9 Å². The third-order valence-electron chi connectivity index (χ3n) is 3.53. The summed E-state index contributed by atoms with van der Waals surface area (Å²) in [6.45, 7) is 5.89. The fourth-order valence-corrected chi connectivity index (χ4v) is 2.71. The van der Waals surface area contributed by atoms with Crippen LogP contribution in [0, 0.1) is 6.92 Å². The molecule has 0 bridgehead atoms. The maximum Gasteiger partial charge on any atom is 0.338 e. The normalized spacial score (nSPS) is 17.6. The van der Waals surface area contributed by atoms with Gasteiger partial charge in [0.25, 0.3) is 0 Å². The smallest absolute Gasteiger partial charge is 0.338 e. The Kier molecular flexibility index (Phi) is 5.03. The van der Waals surface area contributed by atoms with Gasteiger partial charge in [-0.3, -0.25) is 0 Å². The van der Waals surface area contributed by atoms with E-state index in [-0.39, 0.29) is 12.0 Å². The van der Waals surface area contributed by atoms with Gasteiger partial charge in [0, 0.05) is 5.70 Å². The molecule has 1 aromatic carbocycles. The summed E-state index contributed by atoms with van der Waals surface area (Å²) in [6.07, 6.45) is 0. The van der Waals surface area contributed by atoms with Gasteiger partial charge in [0.15, 0.2) is 5.11 Å². The van der Waals surface area contributed by atoms with Gasteiger partial charge in [-0.1, -0.05) is 12.1 Å². The van der Waals surface area contributed by atoms with Crippen LogP contribution in [0.25, 0.3) is 0 Å². The van der Waals surface area contributed by atoms with Crippen LogP contribution in [0.3, 0.4) is 0 Å². The maximum atomic E-state index is 12.3. The molecule has 0 saturated carbocycles. The summed E-state index contributed by atoms with van der Waals surface area (Å²) in [5.41, 5.74) is 3.16. The lowest BCUT2D eigenvalue weighted by molar-refractivity contribution is -0.139. The molecule has 22 heavy (non-hydrogen) atoms. The van der Waals surface area contributed by atoms with E-state index in [4.69, 9.17) is 21.7 Å². The first-order valence-corrected chi connectivity index (χ1v) is 7.48. The first kappa shape index (κ1) is 16.3. The number of hydrogen-bond donors (Lipinski definition) is 2. The average molecular weight is 320 g/mol. The van der Waals surface area contributed by atoms with Crippen LogP contribution in [0.5, 0.6) is 5.75 Å². The second-order valence-corrected chi connectivity index (χ2v) is 5.43. The fourth-order valence-electron chi connectivity index (χ4n) is 2.44. The molecule has 0 unspecified atom stereocenters. The summed E-state index contributed by atoms with van der Waals surface area (Å²) in [5.74, 6) is 0.414. The van der Waals surface area contributed by atoms with Gasteiger partial charge in [-0.25, -0.2) is 4.79 Å². The van der Waals surface area contributed by atoms with E-state index in [2.05, 4.69) is 10.6 Å². The molecule has 1 atom stereocenters. The Labute approximate surface area is 135 Å². The number of rotatable bonds is 4. The summed E-state index contributed by atoms with van der Waals surface area (Å²) < 4.78 is 10.5. The lowest BCUT2D eigenvalue weighted by Crippen LogP contribution is -2.45. The number of esters is 1. The summed E-state index contributed by atoms with van der Waals surface area (Å²) in [6, 6.07) is 5.46. The van der Waals surface area contributed by atoms with Crippen LogP contribution in [0.2, 0.25) is 0 Å². The number of methoxy groups -OCH3 is 1.